The molecule has 1 unspecified atom stereocenters. The highest BCUT2D eigenvalue weighted by molar-refractivity contribution is 5.09. The van der Waals surface area contributed by atoms with E-state index in [9.17, 15) is 0 Å². The number of hydrogen-bond acceptors (Lipinski definition) is 4. The lowest BCUT2D eigenvalue weighted by molar-refractivity contribution is -0.131. The third-order valence-electron chi connectivity index (χ3n) is 3.57. The molecule has 0 bridgehead atoms. The van der Waals surface area contributed by atoms with Crippen LogP contribution in [0.2, 0.25) is 0 Å². The molecule has 1 atom stereocenters. The molecule has 1 aromatic rings. The monoisotopic (exact) mass is 253 g/mol. The average Bonchev–Trinajstić information content (AvgIpc) is 2.78. The Bertz CT molecular complexity index is 384. The molecule has 102 valence electrons. The first-order valence-electron chi connectivity index (χ1n) is 6.63. The predicted molar refractivity (Wildman–Crippen MR) is 69.2 cm³/mol. The summed E-state index contributed by atoms with van der Waals surface area (Å²) in [5, 5.41) is 4.42. The van der Waals surface area contributed by atoms with Crippen molar-refractivity contribution in [3.63, 3.8) is 0 Å². The fourth-order valence-electron chi connectivity index (χ4n) is 2.27. The average molecular weight is 253 g/mol. The summed E-state index contributed by atoms with van der Waals surface area (Å²) >= 11 is 0. The van der Waals surface area contributed by atoms with Crippen molar-refractivity contribution < 1.29 is 9.47 Å². The van der Waals surface area contributed by atoms with E-state index in [2.05, 4.69) is 18.1 Å². The van der Waals surface area contributed by atoms with E-state index in [4.69, 9.17) is 15.2 Å². The zero-order valence-electron chi connectivity index (χ0n) is 11.3. The summed E-state index contributed by atoms with van der Waals surface area (Å²) in [5.74, 6) is 0. The molecule has 0 aromatic carbocycles. The molecular formula is C13H23N3O2. The lowest BCUT2D eigenvalue weighted by Gasteiger charge is -2.35. The van der Waals surface area contributed by atoms with Gasteiger partial charge in [0, 0.05) is 20.2 Å². The number of nitrogens with two attached hydrogens (primary N) is 1. The Labute approximate surface area is 108 Å². The number of rotatable bonds is 5. The Morgan fingerprint density at radius 3 is 3.00 bits per heavy atom. The molecule has 2 heterocycles. The van der Waals surface area contributed by atoms with Crippen molar-refractivity contribution in [2.24, 2.45) is 12.8 Å². The van der Waals surface area contributed by atoms with Crippen LogP contribution in [0.4, 0.5) is 0 Å². The van der Waals surface area contributed by atoms with E-state index in [-0.39, 0.29) is 5.60 Å². The maximum Gasteiger partial charge on any atom is 0.104 e. The standard InChI is InChI=1S/C13H23N3O2/c1-3-11-7-12(16(2)15-11)8-18-13(9-14)5-4-6-17-10-13/h7H,3-6,8-10,14H2,1-2H3. The number of nitrogens with zero attached hydrogens (tertiary/aromatic N) is 2. The van der Waals surface area contributed by atoms with E-state index in [0.717, 1.165) is 37.3 Å². The summed E-state index contributed by atoms with van der Waals surface area (Å²) in [7, 11) is 1.95. The van der Waals surface area contributed by atoms with Crippen LogP contribution >= 0.6 is 0 Å². The van der Waals surface area contributed by atoms with E-state index in [1.165, 1.54) is 0 Å². The Kier molecular flexibility index (Phi) is 4.37. The molecule has 0 amide bonds. The maximum atomic E-state index is 6.03. The summed E-state index contributed by atoms with van der Waals surface area (Å²) < 4.78 is 13.4. The van der Waals surface area contributed by atoms with E-state index in [1.807, 2.05) is 11.7 Å². The third kappa shape index (κ3) is 2.91. The van der Waals surface area contributed by atoms with Crippen LogP contribution < -0.4 is 5.73 Å². The van der Waals surface area contributed by atoms with Gasteiger partial charge in [0.25, 0.3) is 0 Å². The number of hydrogen-bond donors (Lipinski definition) is 1. The molecule has 1 saturated heterocycles. The van der Waals surface area contributed by atoms with Crippen LogP contribution in [0.25, 0.3) is 0 Å². The smallest absolute Gasteiger partial charge is 0.104 e. The summed E-state index contributed by atoms with van der Waals surface area (Å²) in [4.78, 5) is 0. The van der Waals surface area contributed by atoms with E-state index in [0.29, 0.717) is 19.8 Å². The van der Waals surface area contributed by atoms with Gasteiger partial charge < -0.3 is 15.2 Å². The fraction of sp³-hybridized carbons (Fsp3) is 0.769. The zero-order valence-corrected chi connectivity index (χ0v) is 11.3. The van der Waals surface area contributed by atoms with Gasteiger partial charge in [0.15, 0.2) is 0 Å². The van der Waals surface area contributed by atoms with Crippen molar-refractivity contribution in [3.05, 3.63) is 17.5 Å². The summed E-state index contributed by atoms with van der Waals surface area (Å²) in [6, 6.07) is 2.09. The molecule has 5 nitrogen and oxygen atoms in total. The maximum absolute atomic E-state index is 6.03. The van der Waals surface area contributed by atoms with Gasteiger partial charge >= 0.3 is 0 Å². The molecule has 1 aliphatic heterocycles. The van der Waals surface area contributed by atoms with Crippen molar-refractivity contribution in [2.45, 2.75) is 38.4 Å². The first kappa shape index (κ1) is 13.5. The van der Waals surface area contributed by atoms with Crippen molar-refractivity contribution in [1.82, 2.24) is 9.78 Å². The SMILES string of the molecule is CCc1cc(COC2(CN)CCCOC2)n(C)n1. The minimum Gasteiger partial charge on any atom is -0.378 e. The van der Waals surface area contributed by atoms with Gasteiger partial charge in [-0.15, -0.1) is 0 Å². The lowest BCUT2D eigenvalue weighted by Crippen LogP contribution is -2.47. The third-order valence-corrected chi connectivity index (χ3v) is 3.57. The van der Waals surface area contributed by atoms with Crippen LogP contribution in [0.1, 0.15) is 31.2 Å². The van der Waals surface area contributed by atoms with E-state index in [1.54, 1.807) is 0 Å². The molecule has 2 N–H and O–H groups in total. The predicted octanol–water partition coefficient (Wildman–Crippen LogP) is 1.01. The normalized spacial score (nSPS) is 24.4. The van der Waals surface area contributed by atoms with Gasteiger partial charge in [-0.25, -0.2) is 0 Å². The number of aryl methyl sites for hydroxylation is 2. The van der Waals surface area contributed by atoms with Crippen LogP contribution in [-0.2, 0) is 29.5 Å². The molecule has 1 aromatic heterocycles. The van der Waals surface area contributed by atoms with Gasteiger partial charge in [0.2, 0.25) is 0 Å². The second-order valence-electron chi connectivity index (χ2n) is 4.94. The van der Waals surface area contributed by atoms with Crippen molar-refractivity contribution in [2.75, 3.05) is 19.8 Å². The molecule has 0 spiro atoms. The molecule has 2 rings (SSSR count). The largest absolute Gasteiger partial charge is 0.378 e. The molecule has 1 aliphatic rings. The van der Waals surface area contributed by atoms with Gasteiger partial charge in [-0.3, -0.25) is 4.68 Å². The Hall–Kier alpha value is -0.910. The van der Waals surface area contributed by atoms with Crippen molar-refractivity contribution >= 4 is 0 Å². The number of aromatic nitrogens is 2. The Morgan fingerprint density at radius 1 is 1.61 bits per heavy atom. The van der Waals surface area contributed by atoms with Crippen LogP contribution in [-0.4, -0.2) is 35.1 Å². The highest BCUT2D eigenvalue weighted by Gasteiger charge is 2.32. The Morgan fingerprint density at radius 2 is 2.44 bits per heavy atom. The minimum absolute atomic E-state index is 0.311. The summed E-state index contributed by atoms with van der Waals surface area (Å²) in [6.07, 6.45) is 2.93. The Balaban J connectivity index is 1.98. The quantitative estimate of drug-likeness (QED) is 0.850. The van der Waals surface area contributed by atoms with Gasteiger partial charge in [-0.1, -0.05) is 6.92 Å². The van der Waals surface area contributed by atoms with Crippen LogP contribution in [0, 0.1) is 0 Å². The molecular weight excluding hydrogens is 230 g/mol. The first-order valence-corrected chi connectivity index (χ1v) is 6.63. The number of ether oxygens (including phenoxy) is 2. The summed E-state index contributed by atoms with van der Waals surface area (Å²) in [6.45, 7) is 4.57. The zero-order chi connectivity index (χ0) is 13.0. The molecule has 0 radical (unpaired) electrons. The van der Waals surface area contributed by atoms with Gasteiger partial charge in [0.05, 0.1) is 24.6 Å². The van der Waals surface area contributed by atoms with Gasteiger partial charge in [-0.05, 0) is 25.3 Å². The topological polar surface area (TPSA) is 62.3 Å². The van der Waals surface area contributed by atoms with Crippen LogP contribution in [0.15, 0.2) is 6.07 Å². The van der Waals surface area contributed by atoms with Crippen LogP contribution in [0.5, 0.6) is 0 Å². The molecule has 18 heavy (non-hydrogen) atoms. The summed E-state index contributed by atoms with van der Waals surface area (Å²) in [5.41, 5.74) is 7.72. The lowest BCUT2D eigenvalue weighted by atomic mass is 9.96. The minimum atomic E-state index is -0.311. The second-order valence-corrected chi connectivity index (χ2v) is 4.94. The first-order chi connectivity index (χ1) is 8.69. The highest BCUT2D eigenvalue weighted by Crippen LogP contribution is 2.24. The highest BCUT2D eigenvalue weighted by atomic mass is 16.5. The molecule has 5 heteroatoms. The van der Waals surface area contributed by atoms with Gasteiger partial charge in [-0.2, -0.15) is 5.10 Å². The van der Waals surface area contributed by atoms with Crippen molar-refractivity contribution in [3.8, 4) is 0 Å². The molecule has 0 aliphatic carbocycles. The van der Waals surface area contributed by atoms with E-state index >= 15 is 0 Å². The fourth-order valence-corrected chi connectivity index (χ4v) is 2.27. The van der Waals surface area contributed by atoms with Crippen molar-refractivity contribution in [1.29, 1.82) is 0 Å². The van der Waals surface area contributed by atoms with E-state index < -0.39 is 0 Å². The van der Waals surface area contributed by atoms with Gasteiger partial charge in [0.1, 0.15) is 5.60 Å². The van der Waals surface area contributed by atoms with Crippen LogP contribution in [0.3, 0.4) is 0 Å². The molecule has 1 fully saturated rings. The molecule has 0 saturated carbocycles. The second kappa shape index (κ2) is 5.82.